The van der Waals surface area contributed by atoms with Crippen LogP contribution in [0.3, 0.4) is 0 Å². The number of primary amides is 1. The van der Waals surface area contributed by atoms with Crippen LogP contribution in [-0.2, 0) is 14.4 Å². The van der Waals surface area contributed by atoms with Crippen molar-refractivity contribution in [2.45, 2.75) is 39.5 Å². The number of likely N-dealkylation sites (N-methyl/N-ethyl adjacent to an activating group) is 1. The average Bonchev–Trinajstić information content (AvgIpc) is 2.50. The summed E-state index contributed by atoms with van der Waals surface area (Å²) >= 11 is 1.47. The molecule has 0 aromatic heterocycles. The summed E-state index contributed by atoms with van der Waals surface area (Å²) in [5, 5.41) is 0. The molecule has 6 heteroatoms. The van der Waals surface area contributed by atoms with Gasteiger partial charge in [-0.1, -0.05) is 13.8 Å². The zero-order chi connectivity index (χ0) is 16.8. The summed E-state index contributed by atoms with van der Waals surface area (Å²) in [6.07, 6.45) is 6.81. The highest BCUT2D eigenvalue weighted by molar-refractivity contribution is 7.97. The number of hydrogen-bond acceptors (Lipinski definition) is 4. The summed E-state index contributed by atoms with van der Waals surface area (Å²) in [4.78, 5) is 33.2. The summed E-state index contributed by atoms with van der Waals surface area (Å²) in [5.41, 5.74) is 5.45. The maximum atomic E-state index is 11.7. The summed E-state index contributed by atoms with van der Waals surface area (Å²) in [5.74, 6) is 1.00. The van der Waals surface area contributed by atoms with Crippen molar-refractivity contribution in [3.63, 3.8) is 0 Å². The van der Waals surface area contributed by atoms with E-state index in [1.165, 1.54) is 24.1 Å². The van der Waals surface area contributed by atoms with E-state index >= 15 is 0 Å². The van der Waals surface area contributed by atoms with E-state index in [1.807, 2.05) is 0 Å². The zero-order valence-electron chi connectivity index (χ0n) is 13.6. The van der Waals surface area contributed by atoms with Crippen LogP contribution in [0.25, 0.3) is 0 Å². The van der Waals surface area contributed by atoms with Gasteiger partial charge in [0.1, 0.15) is 6.29 Å². The van der Waals surface area contributed by atoms with Crippen LogP contribution in [0, 0.1) is 17.3 Å². The van der Waals surface area contributed by atoms with E-state index < -0.39 is 0 Å². The summed E-state index contributed by atoms with van der Waals surface area (Å²) in [6, 6.07) is 0. The number of aldehydes is 1. The molecule has 0 heterocycles. The summed E-state index contributed by atoms with van der Waals surface area (Å²) in [7, 11) is 1.71. The number of nitrogens with zero attached hydrogens (tertiary/aromatic N) is 1. The highest BCUT2D eigenvalue weighted by atomic mass is 32.2. The lowest BCUT2D eigenvalue weighted by Crippen LogP contribution is -2.35. The normalized spacial score (nSPS) is 22.5. The Morgan fingerprint density at radius 2 is 1.86 bits per heavy atom. The zero-order valence-corrected chi connectivity index (χ0v) is 14.4. The minimum atomic E-state index is -0.190. The highest BCUT2D eigenvalue weighted by Crippen LogP contribution is 2.42. The van der Waals surface area contributed by atoms with Gasteiger partial charge in [0.25, 0.3) is 5.91 Å². The fourth-order valence-electron chi connectivity index (χ4n) is 2.83. The van der Waals surface area contributed by atoms with Gasteiger partial charge in [0.05, 0.1) is 0 Å². The molecule has 2 N–H and O–H groups in total. The fraction of sp³-hybridized carbons (Fsp3) is 0.688. The Balaban J connectivity index is 2.47. The van der Waals surface area contributed by atoms with Gasteiger partial charge in [0.2, 0.25) is 5.91 Å². The molecule has 0 atom stereocenters. The summed E-state index contributed by atoms with van der Waals surface area (Å²) in [6.45, 7) is 4.41. The number of nitrogens with two attached hydrogens (primary N) is 1. The van der Waals surface area contributed by atoms with Gasteiger partial charge >= 0.3 is 0 Å². The summed E-state index contributed by atoms with van der Waals surface area (Å²) < 4.78 is 1.55. The number of rotatable bonds is 7. The van der Waals surface area contributed by atoms with Crippen LogP contribution in [0.4, 0.5) is 0 Å². The molecule has 0 bridgehead atoms. The molecule has 2 amide bonds. The van der Waals surface area contributed by atoms with E-state index in [9.17, 15) is 14.4 Å². The molecule has 0 aliphatic heterocycles. The molecule has 5 nitrogen and oxygen atoms in total. The van der Waals surface area contributed by atoms with Crippen LogP contribution >= 0.6 is 11.9 Å². The molecule has 0 radical (unpaired) electrons. The Labute approximate surface area is 136 Å². The Hall–Kier alpha value is -1.30. The maximum Gasteiger partial charge on any atom is 0.256 e. The molecule has 1 aliphatic rings. The molecule has 1 rings (SSSR count). The van der Waals surface area contributed by atoms with Crippen molar-refractivity contribution in [3.05, 3.63) is 12.2 Å². The average molecular weight is 326 g/mol. The van der Waals surface area contributed by atoms with Crippen LogP contribution in [0.15, 0.2) is 12.2 Å². The third-order valence-corrected chi connectivity index (χ3v) is 5.93. The third-order valence-electron chi connectivity index (χ3n) is 4.49. The lowest BCUT2D eigenvalue weighted by atomic mass is 9.69. The first kappa shape index (κ1) is 18.7. The molecule has 22 heavy (non-hydrogen) atoms. The fourth-order valence-corrected chi connectivity index (χ4v) is 3.78. The molecular formula is C16H26N2O3S. The molecule has 0 aromatic carbocycles. The van der Waals surface area contributed by atoms with E-state index in [4.69, 9.17) is 5.73 Å². The van der Waals surface area contributed by atoms with Crippen molar-refractivity contribution < 1.29 is 14.4 Å². The van der Waals surface area contributed by atoms with Crippen LogP contribution < -0.4 is 5.73 Å². The minimum Gasteiger partial charge on any atom is -0.369 e. The molecule has 0 saturated heterocycles. The highest BCUT2D eigenvalue weighted by Gasteiger charge is 2.35. The quantitative estimate of drug-likeness (QED) is 0.442. The molecule has 124 valence electrons. The molecule has 1 saturated carbocycles. The van der Waals surface area contributed by atoms with E-state index in [2.05, 4.69) is 13.8 Å². The lowest BCUT2D eigenvalue weighted by molar-refractivity contribution is -0.123. The molecular weight excluding hydrogens is 300 g/mol. The molecule has 1 aliphatic carbocycles. The van der Waals surface area contributed by atoms with Gasteiger partial charge < -0.3 is 5.73 Å². The van der Waals surface area contributed by atoms with Gasteiger partial charge in [-0.3, -0.25) is 18.7 Å². The van der Waals surface area contributed by atoms with Crippen molar-refractivity contribution >= 4 is 30.0 Å². The number of allylic oxidation sites excluding steroid dienone is 1. The first-order valence-electron chi connectivity index (χ1n) is 7.59. The Morgan fingerprint density at radius 3 is 2.36 bits per heavy atom. The number of hydrogen-bond donors (Lipinski definition) is 1. The predicted molar refractivity (Wildman–Crippen MR) is 88.9 cm³/mol. The van der Waals surface area contributed by atoms with Crippen LogP contribution in [0.1, 0.15) is 39.5 Å². The van der Waals surface area contributed by atoms with Crippen molar-refractivity contribution in [3.8, 4) is 0 Å². The Bertz CT molecular complexity index is 441. The first-order chi connectivity index (χ1) is 10.3. The third kappa shape index (κ3) is 5.48. The molecule has 0 spiro atoms. The van der Waals surface area contributed by atoms with Crippen LogP contribution in [0.5, 0.6) is 0 Å². The van der Waals surface area contributed by atoms with Gasteiger partial charge in [0.15, 0.2) is 0 Å². The number of amides is 2. The second kappa shape index (κ2) is 8.36. The molecule has 0 aromatic rings. The molecule has 0 unspecified atom stereocenters. The molecule has 1 fully saturated rings. The number of carbonyl (C=O) groups excluding carboxylic acids is 3. The topological polar surface area (TPSA) is 80.5 Å². The smallest absolute Gasteiger partial charge is 0.256 e. The van der Waals surface area contributed by atoms with Crippen LogP contribution in [-0.4, -0.2) is 35.2 Å². The van der Waals surface area contributed by atoms with Crippen molar-refractivity contribution in [1.82, 2.24) is 4.31 Å². The van der Waals surface area contributed by atoms with E-state index in [0.29, 0.717) is 12.2 Å². The van der Waals surface area contributed by atoms with Gasteiger partial charge in [-0.25, -0.2) is 0 Å². The van der Waals surface area contributed by atoms with Gasteiger partial charge in [-0.05, 0) is 55.0 Å². The SMILES string of the molecule is CN(SCC(C)(C)C1CCC(C(N)=O)CC1)C(=O)/C=C\C=O. The minimum absolute atomic E-state index is 0.0254. The van der Waals surface area contributed by atoms with Crippen LogP contribution in [0.2, 0.25) is 0 Å². The maximum absolute atomic E-state index is 11.7. The Morgan fingerprint density at radius 1 is 1.27 bits per heavy atom. The lowest BCUT2D eigenvalue weighted by Gasteiger charge is -2.39. The largest absolute Gasteiger partial charge is 0.369 e. The van der Waals surface area contributed by atoms with E-state index in [1.54, 1.807) is 11.4 Å². The number of carbonyl (C=O) groups is 3. The van der Waals surface area contributed by atoms with Crippen molar-refractivity contribution in [2.75, 3.05) is 12.8 Å². The second-order valence-electron chi connectivity index (χ2n) is 6.54. The Kier molecular flexibility index (Phi) is 7.13. The monoisotopic (exact) mass is 326 g/mol. The van der Waals surface area contributed by atoms with E-state index in [0.717, 1.165) is 31.4 Å². The predicted octanol–water partition coefficient (Wildman–Crippen LogP) is 2.17. The van der Waals surface area contributed by atoms with Crippen molar-refractivity contribution in [2.24, 2.45) is 23.0 Å². The first-order valence-corrected chi connectivity index (χ1v) is 8.54. The van der Waals surface area contributed by atoms with E-state index in [-0.39, 0.29) is 23.1 Å². The van der Waals surface area contributed by atoms with Gasteiger partial charge in [-0.15, -0.1) is 0 Å². The standard InChI is InChI=1S/C16H26N2O3S/c1-16(2,11-22-18(3)14(20)5-4-10-19)13-8-6-12(7-9-13)15(17)21/h4-5,10,12-13H,6-9,11H2,1-3H3,(H2,17,21)/b5-4-. The second-order valence-corrected chi connectivity index (χ2v) is 7.64. The van der Waals surface area contributed by atoms with Crippen molar-refractivity contribution in [1.29, 1.82) is 0 Å². The van der Waals surface area contributed by atoms with Gasteiger partial charge in [0, 0.05) is 24.8 Å². The van der Waals surface area contributed by atoms with Gasteiger partial charge in [-0.2, -0.15) is 0 Å².